The minimum atomic E-state index is -0.0146. The van der Waals surface area contributed by atoms with E-state index in [4.69, 9.17) is 10.2 Å². The summed E-state index contributed by atoms with van der Waals surface area (Å²) >= 11 is 0. The Morgan fingerprint density at radius 1 is 1.47 bits per heavy atom. The van der Waals surface area contributed by atoms with Gasteiger partial charge in [0.2, 0.25) is 5.95 Å². The molecule has 0 radical (unpaired) electrons. The third-order valence-corrected chi connectivity index (χ3v) is 3.34. The number of hydrogen-bond acceptors (Lipinski definition) is 5. The van der Waals surface area contributed by atoms with Crippen molar-refractivity contribution in [2.75, 3.05) is 24.6 Å². The van der Waals surface area contributed by atoms with Gasteiger partial charge >= 0.3 is 0 Å². The van der Waals surface area contributed by atoms with Gasteiger partial charge in [-0.05, 0) is 25.7 Å². The standard InChI is InChI=1S/C12H19N3O2/c1-9-11(8-17)6-13-12(14-9)15-4-2-10(7-15)3-5-16/h6,10,16-17H,2-5,7-8H2,1H3. The van der Waals surface area contributed by atoms with Crippen molar-refractivity contribution in [3.8, 4) is 0 Å². The molecule has 1 saturated heterocycles. The van der Waals surface area contributed by atoms with Crippen molar-refractivity contribution >= 4 is 5.95 Å². The minimum Gasteiger partial charge on any atom is -0.396 e. The average molecular weight is 237 g/mol. The van der Waals surface area contributed by atoms with E-state index in [-0.39, 0.29) is 13.2 Å². The Balaban J connectivity index is 2.06. The number of anilines is 1. The maximum Gasteiger partial charge on any atom is 0.225 e. The number of aliphatic hydroxyl groups excluding tert-OH is 2. The molecule has 2 rings (SSSR count). The maximum atomic E-state index is 9.07. The van der Waals surface area contributed by atoms with Gasteiger partial charge < -0.3 is 15.1 Å². The summed E-state index contributed by atoms with van der Waals surface area (Å²) in [6.07, 6.45) is 3.63. The Morgan fingerprint density at radius 3 is 2.94 bits per heavy atom. The van der Waals surface area contributed by atoms with Crippen molar-refractivity contribution < 1.29 is 10.2 Å². The van der Waals surface area contributed by atoms with Crippen molar-refractivity contribution in [1.29, 1.82) is 0 Å². The number of hydrogen-bond donors (Lipinski definition) is 2. The first kappa shape index (κ1) is 12.3. The van der Waals surface area contributed by atoms with Crippen LogP contribution in [0.1, 0.15) is 24.1 Å². The Morgan fingerprint density at radius 2 is 2.29 bits per heavy atom. The highest BCUT2D eigenvalue weighted by molar-refractivity contribution is 5.34. The lowest BCUT2D eigenvalue weighted by Crippen LogP contribution is -2.22. The highest BCUT2D eigenvalue weighted by Crippen LogP contribution is 2.23. The van der Waals surface area contributed by atoms with Gasteiger partial charge in [0, 0.05) is 37.2 Å². The monoisotopic (exact) mass is 237 g/mol. The normalized spacial score (nSPS) is 19.9. The summed E-state index contributed by atoms with van der Waals surface area (Å²) in [7, 11) is 0. The van der Waals surface area contributed by atoms with Crippen LogP contribution >= 0.6 is 0 Å². The van der Waals surface area contributed by atoms with Crippen LogP contribution in [0.5, 0.6) is 0 Å². The molecule has 2 heterocycles. The van der Waals surface area contributed by atoms with Gasteiger partial charge in [-0.3, -0.25) is 0 Å². The molecule has 0 saturated carbocycles. The lowest BCUT2D eigenvalue weighted by Gasteiger charge is -2.17. The molecule has 5 nitrogen and oxygen atoms in total. The molecule has 17 heavy (non-hydrogen) atoms. The summed E-state index contributed by atoms with van der Waals surface area (Å²) in [5.74, 6) is 1.28. The fraction of sp³-hybridized carbons (Fsp3) is 0.667. The quantitative estimate of drug-likeness (QED) is 0.797. The molecular weight excluding hydrogens is 218 g/mol. The molecule has 1 aliphatic heterocycles. The summed E-state index contributed by atoms with van der Waals surface area (Å²) in [5, 5.41) is 18.0. The van der Waals surface area contributed by atoms with Crippen molar-refractivity contribution in [1.82, 2.24) is 9.97 Å². The van der Waals surface area contributed by atoms with Crippen molar-refractivity contribution in [2.24, 2.45) is 5.92 Å². The molecule has 94 valence electrons. The van der Waals surface area contributed by atoms with Gasteiger partial charge in [0.25, 0.3) is 0 Å². The van der Waals surface area contributed by atoms with Crippen LogP contribution in [0.3, 0.4) is 0 Å². The Bertz CT molecular complexity index is 384. The topological polar surface area (TPSA) is 69.5 Å². The SMILES string of the molecule is Cc1nc(N2CCC(CCO)C2)ncc1CO. The number of aliphatic hydroxyl groups is 2. The number of aryl methyl sites for hydroxylation is 1. The first-order chi connectivity index (χ1) is 8.24. The summed E-state index contributed by atoms with van der Waals surface area (Å²) in [4.78, 5) is 10.8. The third kappa shape index (κ3) is 2.73. The molecule has 0 amide bonds. The molecule has 0 bridgehead atoms. The molecular formula is C12H19N3O2. The molecule has 2 N–H and O–H groups in total. The van der Waals surface area contributed by atoms with E-state index in [1.165, 1.54) is 0 Å². The highest BCUT2D eigenvalue weighted by Gasteiger charge is 2.24. The summed E-state index contributed by atoms with van der Waals surface area (Å²) in [5.41, 5.74) is 1.61. The van der Waals surface area contributed by atoms with Crippen LogP contribution in [-0.2, 0) is 6.61 Å². The van der Waals surface area contributed by atoms with E-state index in [2.05, 4.69) is 14.9 Å². The fourth-order valence-electron chi connectivity index (χ4n) is 2.22. The summed E-state index contributed by atoms with van der Waals surface area (Å²) in [6, 6.07) is 0. The summed E-state index contributed by atoms with van der Waals surface area (Å²) < 4.78 is 0. The Labute approximate surface area is 101 Å². The van der Waals surface area contributed by atoms with Crippen LogP contribution in [0.25, 0.3) is 0 Å². The summed E-state index contributed by atoms with van der Waals surface area (Å²) in [6.45, 7) is 3.99. The first-order valence-electron chi connectivity index (χ1n) is 6.03. The predicted molar refractivity (Wildman–Crippen MR) is 64.7 cm³/mol. The van der Waals surface area contributed by atoms with Gasteiger partial charge in [-0.1, -0.05) is 0 Å². The van der Waals surface area contributed by atoms with Crippen LogP contribution in [0.2, 0.25) is 0 Å². The Kier molecular flexibility index (Phi) is 3.91. The van der Waals surface area contributed by atoms with Gasteiger partial charge in [-0.2, -0.15) is 0 Å². The van der Waals surface area contributed by atoms with E-state index in [9.17, 15) is 0 Å². The smallest absolute Gasteiger partial charge is 0.225 e. The lowest BCUT2D eigenvalue weighted by molar-refractivity contribution is 0.263. The number of aromatic nitrogens is 2. The van der Waals surface area contributed by atoms with Gasteiger partial charge in [0.05, 0.1) is 6.61 Å². The molecule has 1 aromatic heterocycles. The zero-order valence-corrected chi connectivity index (χ0v) is 10.1. The van der Waals surface area contributed by atoms with Crippen molar-refractivity contribution in [3.63, 3.8) is 0 Å². The average Bonchev–Trinajstić information content (AvgIpc) is 2.78. The zero-order valence-electron chi connectivity index (χ0n) is 10.1. The lowest BCUT2D eigenvalue weighted by atomic mass is 10.1. The third-order valence-electron chi connectivity index (χ3n) is 3.34. The van der Waals surface area contributed by atoms with Gasteiger partial charge in [0.1, 0.15) is 0 Å². The fourth-order valence-corrected chi connectivity index (χ4v) is 2.22. The minimum absolute atomic E-state index is 0.0146. The maximum absolute atomic E-state index is 9.07. The molecule has 0 spiro atoms. The molecule has 5 heteroatoms. The molecule has 0 aromatic carbocycles. The van der Waals surface area contributed by atoms with Crippen LogP contribution in [-0.4, -0.2) is 39.9 Å². The van der Waals surface area contributed by atoms with Crippen LogP contribution in [0.4, 0.5) is 5.95 Å². The number of rotatable bonds is 4. The van der Waals surface area contributed by atoms with E-state index in [0.29, 0.717) is 5.92 Å². The van der Waals surface area contributed by atoms with Crippen molar-refractivity contribution in [3.05, 3.63) is 17.5 Å². The zero-order chi connectivity index (χ0) is 12.3. The second-order valence-corrected chi connectivity index (χ2v) is 4.55. The van der Waals surface area contributed by atoms with Gasteiger partial charge in [0.15, 0.2) is 0 Å². The van der Waals surface area contributed by atoms with E-state index in [1.807, 2.05) is 6.92 Å². The first-order valence-corrected chi connectivity index (χ1v) is 6.03. The van der Waals surface area contributed by atoms with Crippen LogP contribution < -0.4 is 4.90 Å². The van der Waals surface area contributed by atoms with E-state index in [0.717, 1.165) is 43.1 Å². The van der Waals surface area contributed by atoms with Gasteiger partial charge in [-0.15, -0.1) is 0 Å². The molecule has 1 aromatic rings. The van der Waals surface area contributed by atoms with E-state index < -0.39 is 0 Å². The largest absolute Gasteiger partial charge is 0.396 e. The van der Waals surface area contributed by atoms with Crippen molar-refractivity contribution in [2.45, 2.75) is 26.4 Å². The molecule has 0 aliphatic carbocycles. The van der Waals surface area contributed by atoms with Crippen LogP contribution in [0.15, 0.2) is 6.20 Å². The highest BCUT2D eigenvalue weighted by atomic mass is 16.3. The Hall–Kier alpha value is -1.20. The second kappa shape index (κ2) is 5.42. The molecule has 1 fully saturated rings. The number of nitrogens with zero attached hydrogens (tertiary/aromatic N) is 3. The van der Waals surface area contributed by atoms with Crippen LogP contribution in [0, 0.1) is 12.8 Å². The molecule has 1 atom stereocenters. The molecule has 1 aliphatic rings. The van der Waals surface area contributed by atoms with Gasteiger partial charge in [-0.25, -0.2) is 9.97 Å². The van der Waals surface area contributed by atoms with E-state index >= 15 is 0 Å². The second-order valence-electron chi connectivity index (χ2n) is 4.55. The molecule has 1 unspecified atom stereocenters. The predicted octanol–water partition coefficient (Wildman–Crippen LogP) is 0.486. The van der Waals surface area contributed by atoms with E-state index in [1.54, 1.807) is 6.20 Å².